The molecule has 0 unspecified atom stereocenters. The number of aliphatic carboxylic acids is 1. The summed E-state index contributed by atoms with van der Waals surface area (Å²) in [5.41, 5.74) is 1.59. The fraction of sp³-hybridized carbons (Fsp3) is 0.381. The van der Waals surface area contributed by atoms with E-state index in [1.165, 1.54) is 39.8 Å². The molecular weight excluding hydrogens is 468 g/mol. The van der Waals surface area contributed by atoms with E-state index in [0.717, 1.165) is 14.9 Å². The molecule has 1 aromatic carbocycles. The van der Waals surface area contributed by atoms with Gasteiger partial charge in [0, 0.05) is 11.5 Å². The van der Waals surface area contributed by atoms with Crippen LogP contribution in [0.3, 0.4) is 0 Å². The van der Waals surface area contributed by atoms with Crippen molar-refractivity contribution in [3.63, 3.8) is 0 Å². The molecular formula is C21H22N4O4S3. The van der Waals surface area contributed by atoms with Gasteiger partial charge in [0.15, 0.2) is 4.34 Å². The van der Waals surface area contributed by atoms with E-state index in [0.29, 0.717) is 23.5 Å². The highest BCUT2D eigenvalue weighted by atomic mass is 32.2. The first kappa shape index (κ1) is 22.8. The van der Waals surface area contributed by atoms with Gasteiger partial charge in [-0.2, -0.15) is 0 Å². The molecule has 2 aliphatic heterocycles. The number of aromatic nitrogens is 2. The summed E-state index contributed by atoms with van der Waals surface area (Å²) >= 11 is 4.34. The zero-order valence-electron chi connectivity index (χ0n) is 17.5. The Hall–Kier alpha value is -2.37. The van der Waals surface area contributed by atoms with Crippen molar-refractivity contribution >= 4 is 52.6 Å². The maximum atomic E-state index is 12.9. The highest BCUT2D eigenvalue weighted by Gasteiger charge is 2.54. The molecule has 0 saturated carbocycles. The van der Waals surface area contributed by atoms with Gasteiger partial charge in [0.1, 0.15) is 22.1 Å². The molecule has 2 aliphatic rings. The largest absolute Gasteiger partial charge is 0.477 e. The van der Waals surface area contributed by atoms with Crippen LogP contribution in [-0.4, -0.2) is 60.9 Å². The number of aryl methyl sites for hydroxylation is 1. The Bertz CT molecular complexity index is 1070. The van der Waals surface area contributed by atoms with Crippen LogP contribution in [0, 0.1) is 6.92 Å². The molecule has 168 valence electrons. The van der Waals surface area contributed by atoms with Crippen LogP contribution in [-0.2, 0) is 14.4 Å². The van der Waals surface area contributed by atoms with Crippen molar-refractivity contribution in [2.45, 2.75) is 41.9 Å². The second kappa shape index (κ2) is 9.63. The van der Waals surface area contributed by atoms with E-state index >= 15 is 0 Å². The zero-order chi connectivity index (χ0) is 22.8. The summed E-state index contributed by atoms with van der Waals surface area (Å²) < 4.78 is 0.762. The van der Waals surface area contributed by atoms with Crippen LogP contribution in [0.15, 0.2) is 45.9 Å². The maximum Gasteiger partial charge on any atom is 0.352 e. The Morgan fingerprint density at radius 1 is 1.31 bits per heavy atom. The van der Waals surface area contributed by atoms with E-state index in [9.17, 15) is 19.5 Å². The lowest BCUT2D eigenvalue weighted by Gasteiger charge is -2.49. The highest BCUT2D eigenvalue weighted by Crippen LogP contribution is 2.42. The normalized spacial score (nSPS) is 21.1. The number of carboxylic acids is 1. The molecule has 1 saturated heterocycles. The Morgan fingerprint density at radius 3 is 2.69 bits per heavy atom. The van der Waals surface area contributed by atoms with Gasteiger partial charge in [-0.15, -0.1) is 22.0 Å². The maximum absolute atomic E-state index is 12.9. The monoisotopic (exact) mass is 490 g/mol. The predicted octanol–water partition coefficient (Wildman–Crippen LogP) is 2.87. The third-order valence-corrected chi connectivity index (χ3v) is 8.75. The molecule has 0 aliphatic carbocycles. The molecule has 1 aromatic heterocycles. The van der Waals surface area contributed by atoms with E-state index in [4.69, 9.17) is 0 Å². The Balaban J connectivity index is 1.47. The average molecular weight is 491 g/mol. The van der Waals surface area contributed by atoms with Gasteiger partial charge in [0.2, 0.25) is 5.91 Å². The van der Waals surface area contributed by atoms with Crippen molar-refractivity contribution in [3.05, 3.63) is 52.2 Å². The van der Waals surface area contributed by atoms with Gasteiger partial charge < -0.3 is 10.4 Å². The molecule has 11 heteroatoms. The molecule has 2 N–H and O–H groups in total. The molecule has 2 aromatic rings. The van der Waals surface area contributed by atoms with Crippen LogP contribution < -0.4 is 5.32 Å². The summed E-state index contributed by atoms with van der Waals surface area (Å²) in [4.78, 5) is 39.1. The molecule has 0 bridgehead atoms. The first-order chi connectivity index (χ1) is 15.4. The third kappa shape index (κ3) is 4.41. The number of fused-ring (bicyclic) bond motifs is 1. The number of nitrogens with one attached hydrogen (secondary N) is 1. The summed E-state index contributed by atoms with van der Waals surface area (Å²) in [5, 5.41) is 21.1. The molecule has 4 rings (SSSR count). The fourth-order valence-electron chi connectivity index (χ4n) is 3.79. The molecule has 1 fully saturated rings. The molecule has 32 heavy (non-hydrogen) atoms. The number of rotatable bonds is 8. The predicted molar refractivity (Wildman–Crippen MR) is 125 cm³/mol. The van der Waals surface area contributed by atoms with E-state index < -0.39 is 17.4 Å². The zero-order valence-corrected chi connectivity index (χ0v) is 19.9. The van der Waals surface area contributed by atoms with Gasteiger partial charge in [0.25, 0.3) is 5.91 Å². The van der Waals surface area contributed by atoms with E-state index in [1.54, 1.807) is 0 Å². The standard InChI is InChI=1S/C21H22N4O4S3/c1-3-14(12-7-5-4-6-8-12)17(26)22-15-18(27)25-16(20(28)29)13(9-30-19(15)25)10-31-21-24-23-11(2)32-21/h4-8,14-15,19H,3,9-10H2,1-2H3,(H,22,26)(H,28,29)/t14-,15-,19-/m0/s1. The lowest BCUT2D eigenvalue weighted by molar-refractivity contribution is -0.150. The number of thioether (sulfide) groups is 2. The van der Waals surface area contributed by atoms with Gasteiger partial charge in [-0.3, -0.25) is 14.5 Å². The van der Waals surface area contributed by atoms with Crippen LogP contribution in [0.1, 0.15) is 29.8 Å². The number of carbonyl (C=O) groups is 3. The first-order valence-corrected chi connectivity index (χ1v) is 12.9. The first-order valence-electron chi connectivity index (χ1n) is 10.1. The van der Waals surface area contributed by atoms with E-state index in [1.807, 2.05) is 44.2 Å². The summed E-state index contributed by atoms with van der Waals surface area (Å²) in [6, 6.07) is 8.72. The van der Waals surface area contributed by atoms with Crippen molar-refractivity contribution in [1.29, 1.82) is 0 Å². The highest BCUT2D eigenvalue weighted by molar-refractivity contribution is 8.01. The van der Waals surface area contributed by atoms with Crippen molar-refractivity contribution in [2.75, 3.05) is 11.5 Å². The quantitative estimate of drug-likeness (QED) is 0.429. The van der Waals surface area contributed by atoms with Gasteiger partial charge in [0.05, 0.1) is 5.92 Å². The van der Waals surface area contributed by atoms with Gasteiger partial charge >= 0.3 is 5.97 Å². The van der Waals surface area contributed by atoms with Crippen LogP contribution in [0.2, 0.25) is 0 Å². The molecule has 0 radical (unpaired) electrons. The molecule has 3 heterocycles. The summed E-state index contributed by atoms with van der Waals surface area (Å²) in [7, 11) is 0. The van der Waals surface area contributed by atoms with Crippen molar-refractivity contribution in [1.82, 2.24) is 20.4 Å². The van der Waals surface area contributed by atoms with Crippen LogP contribution in [0.5, 0.6) is 0 Å². The summed E-state index contributed by atoms with van der Waals surface area (Å²) in [5.74, 6) is -1.20. The lowest BCUT2D eigenvalue weighted by Crippen LogP contribution is -2.70. The fourth-order valence-corrected chi connectivity index (χ4v) is 7.09. The molecule has 8 nitrogen and oxygen atoms in total. The smallest absolute Gasteiger partial charge is 0.352 e. The molecule has 3 atom stereocenters. The number of nitrogens with zero attached hydrogens (tertiary/aromatic N) is 3. The van der Waals surface area contributed by atoms with Crippen molar-refractivity contribution in [3.8, 4) is 0 Å². The minimum absolute atomic E-state index is 0.0214. The SMILES string of the molecule is CC[C@H](C(=O)N[C@H]1C(=O)N2C(C(=O)O)=C(CSc3nnc(C)s3)CS[C@@H]12)c1ccccc1. The van der Waals surface area contributed by atoms with E-state index in [2.05, 4.69) is 15.5 Å². The minimum atomic E-state index is -1.13. The number of benzene rings is 1. The lowest BCUT2D eigenvalue weighted by atomic mass is 9.94. The van der Waals surface area contributed by atoms with Gasteiger partial charge in [-0.05, 0) is 24.5 Å². The van der Waals surface area contributed by atoms with E-state index in [-0.39, 0.29) is 23.4 Å². The van der Waals surface area contributed by atoms with Crippen LogP contribution in [0.25, 0.3) is 0 Å². The number of β-lactam (4-membered cyclic amide) rings is 1. The summed E-state index contributed by atoms with van der Waals surface area (Å²) in [6.45, 7) is 3.79. The second-order valence-electron chi connectivity index (χ2n) is 7.40. The van der Waals surface area contributed by atoms with Gasteiger partial charge in [-0.25, -0.2) is 4.79 Å². The topological polar surface area (TPSA) is 112 Å². The third-order valence-electron chi connectivity index (χ3n) is 5.35. The molecule has 0 spiro atoms. The molecule has 2 amide bonds. The summed E-state index contributed by atoms with van der Waals surface area (Å²) in [6.07, 6.45) is 0.602. The minimum Gasteiger partial charge on any atom is -0.477 e. The van der Waals surface area contributed by atoms with Crippen LogP contribution >= 0.6 is 34.9 Å². The Labute approximate surface area is 197 Å². The van der Waals surface area contributed by atoms with Crippen LogP contribution in [0.4, 0.5) is 0 Å². The number of amides is 2. The Morgan fingerprint density at radius 2 is 2.06 bits per heavy atom. The number of carboxylic acid groups (broad SMARTS) is 1. The van der Waals surface area contributed by atoms with Crippen molar-refractivity contribution < 1.29 is 19.5 Å². The van der Waals surface area contributed by atoms with Gasteiger partial charge in [-0.1, -0.05) is 60.4 Å². The number of carbonyl (C=O) groups excluding carboxylic acids is 2. The number of hydrogen-bond acceptors (Lipinski definition) is 8. The average Bonchev–Trinajstić information content (AvgIpc) is 3.21. The Kier molecular flexibility index (Phi) is 6.87. The number of hydrogen-bond donors (Lipinski definition) is 2. The van der Waals surface area contributed by atoms with Crippen molar-refractivity contribution in [2.24, 2.45) is 0 Å². The second-order valence-corrected chi connectivity index (χ2v) is 10.9.